The normalized spacial score (nSPS) is 10.5. The molecule has 0 aliphatic rings. The minimum Gasteiger partial charge on any atom is -0.550 e. The molecule has 0 radical (unpaired) electrons. The van der Waals surface area contributed by atoms with Gasteiger partial charge in [0.1, 0.15) is 0 Å². The molecule has 0 aromatic rings. The van der Waals surface area contributed by atoms with Gasteiger partial charge in [0.25, 0.3) is 0 Å². The summed E-state index contributed by atoms with van der Waals surface area (Å²) in [7, 11) is 0. The quantitative estimate of drug-likeness (QED) is 0.0566. The Hall–Kier alpha value is -0.720. The third-order valence-corrected chi connectivity index (χ3v) is 10.5. The molecule has 0 fully saturated rings. The fourth-order valence-corrected chi connectivity index (χ4v) is 6.86. The molecule has 0 heterocycles. The molecule has 7 heteroatoms. The second-order valence-corrected chi connectivity index (χ2v) is 16.1. The maximum Gasteiger partial charge on any atom is 3.00 e. The second-order valence-electron chi connectivity index (χ2n) is 16.1. The van der Waals surface area contributed by atoms with Crippen molar-refractivity contribution in [2.45, 2.75) is 290 Å². The topological polar surface area (TPSA) is 120 Å². The molecule has 55 heavy (non-hydrogen) atoms. The van der Waals surface area contributed by atoms with Gasteiger partial charge in [-0.25, -0.2) is 0 Å². The van der Waals surface area contributed by atoms with E-state index < -0.39 is 17.9 Å². The Balaban J connectivity index is -0.000000351. The van der Waals surface area contributed by atoms with Crippen LogP contribution in [0.25, 0.3) is 0 Å². The largest absolute Gasteiger partial charge is 3.00 e. The van der Waals surface area contributed by atoms with Gasteiger partial charge < -0.3 is 29.7 Å². The standard InChI is InChI=1S/3C16H32O2.Sc/c3*1-2-3-4-5-6-7-8-9-10-11-12-13-14-15-16(17)18;/h3*2-15H2,1H3,(H,17,18);/q;;;+3/p-3. The van der Waals surface area contributed by atoms with E-state index in [0.717, 1.165) is 38.5 Å². The number of carboxylic acid groups (broad SMARTS) is 3. The molecule has 324 valence electrons. The van der Waals surface area contributed by atoms with Crippen LogP contribution in [-0.4, -0.2) is 17.9 Å². The first-order valence-electron chi connectivity index (χ1n) is 23.9. The number of aliphatic carboxylic acids is 3. The van der Waals surface area contributed by atoms with Crippen LogP contribution in [0.2, 0.25) is 0 Å². The fourth-order valence-electron chi connectivity index (χ4n) is 6.86. The average molecular weight is 811 g/mol. The van der Waals surface area contributed by atoms with Crippen molar-refractivity contribution in [3.63, 3.8) is 0 Å². The van der Waals surface area contributed by atoms with Crippen LogP contribution in [0.3, 0.4) is 0 Å². The zero-order chi connectivity index (χ0) is 40.4. The first-order valence-corrected chi connectivity index (χ1v) is 23.9. The van der Waals surface area contributed by atoms with Gasteiger partial charge >= 0.3 is 25.8 Å². The molecule has 0 rings (SSSR count). The Morgan fingerprint density at radius 3 is 0.455 bits per heavy atom. The van der Waals surface area contributed by atoms with E-state index in [0.29, 0.717) is 0 Å². The molecule has 6 nitrogen and oxygen atoms in total. The van der Waals surface area contributed by atoms with Gasteiger partial charge in [0.05, 0.1) is 0 Å². The third kappa shape index (κ3) is 71.5. The summed E-state index contributed by atoms with van der Waals surface area (Å²) in [5.41, 5.74) is 0. The van der Waals surface area contributed by atoms with Gasteiger partial charge in [-0.1, -0.05) is 252 Å². The third-order valence-electron chi connectivity index (χ3n) is 10.5. The number of hydrogen-bond donors (Lipinski definition) is 0. The summed E-state index contributed by atoms with van der Waals surface area (Å²) in [6, 6.07) is 0. The van der Waals surface area contributed by atoms with Crippen LogP contribution < -0.4 is 15.3 Å². The summed E-state index contributed by atoms with van der Waals surface area (Å²) < 4.78 is 0. The van der Waals surface area contributed by atoms with Gasteiger partial charge in [0.15, 0.2) is 0 Å². The van der Waals surface area contributed by atoms with Gasteiger partial charge in [-0.15, -0.1) is 0 Å². The maximum atomic E-state index is 10.2. The van der Waals surface area contributed by atoms with Crippen LogP contribution in [0.1, 0.15) is 290 Å². The van der Waals surface area contributed by atoms with Crippen molar-refractivity contribution in [2.75, 3.05) is 0 Å². The SMILES string of the molecule is CCCCCCCCCCCCCCCC(=O)[O-].CCCCCCCCCCCCCCCC(=O)[O-].CCCCCCCCCCCCCCCC(=O)[O-].[Sc+3]. The zero-order valence-electron chi connectivity index (χ0n) is 37.2. The van der Waals surface area contributed by atoms with Gasteiger partial charge in [-0.2, -0.15) is 0 Å². The molecule has 0 atom stereocenters. The maximum absolute atomic E-state index is 10.2. The van der Waals surface area contributed by atoms with Crippen LogP contribution in [0.4, 0.5) is 0 Å². The van der Waals surface area contributed by atoms with Crippen molar-refractivity contribution in [1.29, 1.82) is 0 Å². The number of carbonyl (C=O) groups is 3. The Labute approximate surface area is 362 Å². The molecule has 0 spiro atoms. The van der Waals surface area contributed by atoms with Gasteiger partial charge in [-0.3, -0.25) is 0 Å². The number of carboxylic acids is 3. The minimum absolute atomic E-state index is 0. The van der Waals surface area contributed by atoms with E-state index in [1.54, 1.807) is 0 Å². The van der Waals surface area contributed by atoms with Gasteiger partial charge in [-0.05, 0) is 38.5 Å². The van der Waals surface area contributed by atoms with Crippen molar-refractivity contribution < 1.29 is 55.5 Å². The zero-order valence-corrected chi connectivity index (χ0v) is 39.0. The number of unbranched alkanes of at least 4 members (excludes halogenated alkanes) is 36. The molecular formula is C48H93O6Sc. The molecule has 0 aliphatic heterocycles. The Kier molecular flexibility index (Phi) is 63.8. The predicted molar refractivity (Wildman–Crippen MR) is 226 cm³/mol. The summed E-state index contributed by atoms with van der Waals surface area (Å²) in [6.07, 6.45) is 50.8. The summed E-state index contributed by atoms with van der Waals surface area (Å²) >= 11 is 0. The predicted octanol–water partition coefficient (Wildman–Crippen LogP) is 12.7. The first-order chi connectivity index (χ1) is 26.3. The van der Waals surface area contributed by atoms with E-state index in [4.69, 9.17) is 0 Å². The molecule has 0 aromatic heterocycles. The summed E-state index contributed by atoms with van der Waals surface area (Å²) in [4.78, 5) is 30.6. The molecule has 0 aliphatic carbocycles. The van der Waals surface area contributed by atoms with E-state index in [-0.39, 0.29) is 45.1 Å². The van der Waals surface area contributed by atoms with Crippen LogP contribution >= 0.6 is 0 Å². The number of rotatable bonds is 42. The van der Waals surface area contributed by atoms with Crippen molar-refractivity contribution in [3.05, 3.63) is 0 Å². The van der Waals surface area contributed by atoms with E-state index in [1.165, 1.54) is 212 Å². The summed E-state index contributed by atoms with van der Waals surface area (Å²) in [5, 5.41) is 30.6. The van der Waals surface area contributed by atoms with Crippen molar-refractivity contribution in [2.24, 2.45) is 0 Å². The molecule has 0 aromatic carbocycles. The van der Waals surface area contributed by atoms with Gasteiger partial charge in [0.2, 0.25) is 0 Å². The van der Waals surface area contributed by atoms with Gasteiger partial charge in [0, 0.05) is 17.9 Å². The minimum atomic E-state index is -0.905. The van der Waals surface area contributed by atoms with E-state index in [9.17, 15) is 29.7 Å². The molecule has 0 N–H and O–H groups in total. The number of carbonyl (C=O) groups excluding carboxylic acids is 3. The van der Waals surface area contributed by atoms with E-state index >= 15 is 0 Å². The second kappa shape index (κ2) is 57.6. The van der Waals surface area contributed by atoms with Crippen molar-refractivity contribution in [1.82, 2.24) is 0 Å². The van der Waals surface area contributed by atoms with Crippen LogP contribution in [0.5, 0.6) is 0 Å². The molecule has 0 saturated heterocycles. The molecule has 0 bridgehead atoms. The molecular weight excluding hydrogens is 717 g/mol. The molecule has 0 unspecified atom stereocenters. The summed E-state index contributed by atoms with van der Waals surface area (Å²) in [6.45, 7) is 6.77. The molecule has 0 saturated carbocycles. The number of hydrogen-bond acceptors (Lipinski definition) is 6. The smallest absolute Gasteiger partial charge is 0.550 e. The Morgan fingerprint density at radius 2 is 0.345 bits per heavy atom. The Morgan fingerprint density at radius 1 is 0.236 bits per heavy atom. The average Bonchev–Trinajstić information content (AvgIpc) is 3.14. The van der Waals surface area contributed by atoms with Crippen LogP contribution in [-0.2, 0) is 40.2 Å². The summed E-state index contributed by atoms with van der Waals surface area (Å²) in [5.74, 6) is -2.71. The molecule has 0 amide bonds. The first kappa shape index (κ1) is 61.0. The van der Waals surface area contributed by atoms with Crippen LogP contribution in [0.15, 0.2) is 0 Å². The van der Waals surface area contributed by atoms with Crippen LogP contribution in [0, 0.1) is 0 Å². The van der Waals surface area contributed by atoms with E-state index in [2.05, 4.69) is 20.8 Å². The van der Waals surface area contributed by atoms with E-state index in [1.807, 2.05) is 0 Å². The van der Waals surface area contributed by atoms with Crippen molar-refractivity contribution >= 4 is 17.9 Å². The fraction of sp³-hybridized carbons (Fsp3) is 0.938. The Bertz CT molecular complexity index is 636. The monoisotopic (exact) mass is 811 g/mol. The van der Waals surface area contributed by atoms with Crippen molar-refractivity contribution in [3.8, 4) is 0 Å².